The summed E-state index contributed by atoms with van der Waals surface area (Å²) in [5.41, 5.74) is 3.44. The van der Waals surface area contributed by atoms with Crippen LogP contribution in [0.1, 0.15) is 5.56 Å². The van der Waals surface area contributed by atoms with Gasteiger partial charge in [-0.3, -0.25) is 15.0 Å². The number of amides is 2. The summed E-state index contributed by atoms with van der Waals surface area (Å²) >= 11 is 3.29. The molecule has 0 radical (unpaired) electrons. The van der Waals surface area contributed by atoms with Gasteiger partial charge in [0.05, 0.1) is 5.69 Å². The van der Waals surface area contributed by atoms with Crippen molar-refractivity contribution < 1.29 is 14.7 Å². The number of phenols is 1. The van der Waals surface area contributed by atoms with Crippen LogP contribution in [0.5, 0.6) is 5.75 Å². The highest BCUT2D eigenvalue weighted by atomic mass is 79.9. The number of carbonyl (C=O) groups is 2. The van der Waals surface area contributed by atoms with Crippen molar-refractivity contribution in [3.05, 3.63) is 64.1 Å². The third-order valence-corrected chi connectivity index (χ3v) is 3.69. The number of benzene rings is 2. The molecule has 6 heteroatoms. The summed E-state index contributed by atoms with van der Waals surface area (Å²) in [4.78, 5) is 24.4. The van der Waals surface area contributed by atoms with Gasteiger partial charge >= 0.3 is 0 Å². The zero-order valence-corrected chi connectivity index (χ0v) is 12.9. The minimum absolute atomic E-state index is 0.00513. The summed E-state index contributed by atoms with van der Waals surface area (Å²) < 4.78 is 0.739. The molecule has 2 aromatic rings. The third kappa shape index (κ3) is 2.60. The van der Waals surface area contributed by atoms with Crippen molar-refractivity contribution in [2.45, 2.75) is 0 Å². The van der Waals surface area contributed by atoms with Gasteiger partial charge in [-0.2, -0.15) is 0 Å². The normalized spacial score (nSPS) is 16.2. The number of halogens is 1. The molecule has 2 amide bonds. The van der Waals surface area contributed by atoms with E-state index in [0.29, 0.717) is 11.3 Å². The van der Waals surface area contributed by atoms with Crippen molar-refractivity contribution in [3.8, 4) is 5.75 Å². The van der Waals surface area contributed by atoms with Gasteiger partial charge in [0.15, 0.2) is 0 Å². The Bertz CT molecular complexity index is 787. The number of carbonyl (C=O) groups excluding carboxylic acids is 2. The average Bonchev–Trinajstić information content (AvgIpc) is 2.80. The highest BCUT2D eigenvalue weighted by Gasteiger charge is 2.34. The van der Waals surface area contributed by atoms with Gasteiger partial charge in [-0.15, -0.1) is 0 Å². The minimum Gasteiger partial charge on any atom is -0.507 e. The van der Waals surface area contributed by atoms with E-state index in [-0.39, 0.29) is 11.3 Å². The van der Waals surface area contributed by atoms with E-state index < -0.39 is 11.8 Å². The Labute approximate surface area is 135 Å². The summed E-state index contributed by atoms with van der Waals surface area (Å²) in [6.07, 6.45) is 1.38. The van der Waals surface area contributed by atoms with Gasteiger partial charge in [-0.1, -0.05) is 34.1 Å². The molecule has 0 unspecified atom stereocenters. The lowest BCUT2D eigenvalue weighted by Crippen LogP contribution is -2.35. The first-order valence-electron chi connectivity index (χ1n) is 6.47. The van der Waals surface area contributed by atoms with Crippen molar-refractivity contribution in [1.82, 2.24) is 5.43 Å². The molecule has 0 bridgehead atoms. The zero-order chi connectivity index (χ0) is 15.7. The lowest BCUT2D eigenvalue weighted by atomic mass is 10.1. The molecule has 1 heterocycles. The number of rotatable bonds is 2. The Balaban J connectivity index is 1.98. The lowest BCUT2D eigenvalue weighted by molar-refractivity contribution is -0.117. The summed E-state index contributed by atoms with van der Waals surface area (Å²) in [5.74, 6) is -0.974. The number of phenolic OH excluding ortho intramolecular Hbond substituents is 1. The molecule has 0 spiro atoms. The van der Waals surface area contributed by atoms with E-state index in [9.17, 15) is 14.7 Å². The van der Waals surface area contributed by atoms with Gasteiger partial charge in [-0.05, 0) is 36.4 Å². The molecule has 1 aliphatic heterocycles. The van der Waals surface area contributed by atoms with E-state index in [0.717, 1.165) is 4.47 Å². The molecule has 1 fully saturated rings. The van der Waals surface area contributed by atoms with Gasteiger partial charge in [-0.25, -0.2) is 5.01 Å². The zero-order valence-electron chi connectivity index (χ0n) is 11.3. The van der Waals surface area contributed by atoms with Crippen molar-refractivity contribution >= 4 is 39.5 Å². The van der Waals surface area contributed by atoms with E-state index in [1.165, 1.54) is 17.2 Å². The lowest BCUT2D eigenvalue weighted by Gasteiger charge is -2.13. The molecule has 2 aromatic carbocycles. The molecule has 5 nitrogen and oxygen atoms in total. The second kappa shape index (κ2) is 5.65. The smallest absolute Gasteiger partial charge is 0.282 e. The van der Waals surface area contributed by atoms with E-state index in [1.54, 1.807) is 36.4 Å². The molecule has 0 saturated carbocycles. The standard InChI is InChI=1S/C16H11BrN2O3/c17-11-6-7-14(20)10(8-11)9-13-15(21)18-19(16(13)22)12-4-2-1-3-5-12/h1-9,20H,(H,18,21)/b13-9+. The van der Waals surface area contributed by atoms with Crippen LogP contribution >= 0.6 is 15.9 Å². The van der Waals surface area contributed by atoms with Crippen LogP contribution in [0.25, 0.3) is 6.08 Å². The van der Waals surface area contributed by atoms with Crippen molar-refractivity contribution in [2.75, 3.05) is 5.01 Å². The van der Waals surface area contributed by atoms with Gasteiger partial charge in [0.1, 0.15) is 11.3 Å². The number of anilines is 1. The largest absolute Gasteiger partial charge is 0.507 e. The molecule has 2 N–H and O–H groups in total. The van der Waals surface area contributed by atoms with Crippen molar-refractivity contribution in [3.63, 3.8) is 0 Å². The van der Waals surface area contributed by atoms with Crippen LogP contribution in [0.3, 0.4) is 0 Å². The molecule has 0 aliphatic carbocycles. The molecule has 1 aliphatic rings. The molecular formula is C16H11BrN2O3. The van der Waals surface area contributed by atoms with Crippen LogP contribution < -0.4 is 10.4 Å². The summed E-state index contributed by atoms with van der Waals surface area (Å²) in [7, 11) is 0. The van der Waals surface area contributed by atoms with Gasteiger partial charge in [0, 0.05) is 10.0 Å². The monoisotopic (exact) mass is 358 g/mol. The Kier molecular flexibility index (Phi) is 3.68. The number of nitrogens with zero attached hydrogens (tertiary/aromatic N) is 1. The predicted octanol–water partition coefficient (Wildman–Crippen LogP) is 2.62. The number of hydrogen-bond acceptors (Lipinski definition) is 3. The maximum absolute atomic E-state index is 12.4. The molecule has 22 heavy (non-hydrogen) atoms. The summed E-state index contributed by atoms with van der Waals surface area (Å²) in [6, 6.07) is 13.6. The van der Waals surface area contributed by atoms with Crippen LogP contribution in [0.2, 0.25) is 0 Å². The van der Waals surface area contributed by atoms with Crippen LogP contribution in [-0.2, 0) is 9.59 Å². The Hall–Kier alpha value is -2.60. The maximum Gasteiger partial charge on any atom is 0.282 e. The number of nitrogens with one attached hydrogen (secondary N) is 1. The molecule has 3 rings (SSSR count). The van der Waals surface area contributed by atoms with E-state index in [4.69, 9.17) is 0 Å². The van der Waals surface area contributed by atoms with Gasteiger partial charge in [0.2, 0.25) is 0 Å². The highest BCUT2D eigenvalue weighted by molar-refractivity contribution is 9.10. The quantitative estimate of drug-likeness (QED) is 0.640. The van der Waals surface area contributed by atoms with Gasteiger partial charge in [0.25, 0.3) is 11.8 Å². The van der Waals surface area contributed by atoms with Crippen LogP contribution in [-0.4, -0.2) is 16.9 Å². The third-order valence-electron chi connectivity index (χ3n) is 3.20. The number of hydrogen-bond donors (Lipinski definition) is 2. The van der Waals surface area contributed by atoms with Crippen molar-refractivity contribution in [1.29, 1.82) is 0 Å². The second-order valence-corrected chi connectivity index (χ2v) is 5.59. The fourth-order valence-corrected chi connectivity index (χ4v) is 2.49. The SMILES string of the molecule is O=C1NN(c2ccccc2)C(=O)/C1=C/c1cc(Br)ccc1O. The second-order valence-electron chi connectivity index (χ2n) is 4.68. The fourth-order valence-electron chi connectivity index (χ4n) is 2.11. The molecule has 110 valence electrons. The van der Waals surface area contributed by atoms with E-state index in [2.05, 4.69) is 21.4 Å². The van der Waals surface area contributed by atoms with Crippen LogP contribution in [0, 0.1) is 0 Å². The topological polar surface area (TPSA) is 69.6 Å². The molecule has 0 atom stereocenters. The fraction of sp³-hybridized carbons (Fsp3) is 0. The Morgan fingerprint density at radius 1 is 1.09 bits per heavy atom. The first-order chi connectivity index (χ1) is 10.6. The molecular weight excluding hydrogens is 348 g/mol. The maximum atomic E-state index is 12.4. The minimum atomic E-state index is -0.506. The summed E-state index contributed by atoms with van der Waals surface area (Å²) in [5, 5.41) is 11.0. The number of aromatic hydroxyl groups is 1. The molecule has 1 saturated heterocycles. The average molecular weight is 359 g/mol. The highest BCUT2D eigenvalue weighted by Crippen LogP contribution is 2.26. The van der Waals surface area contributed by atoms with E-state index >= 15 is 0 Å². The summed E-state index contributed by atoms with van der Waals surface area (Å²) in [6.45, 7) is 0. The first-order valence-corrected chi connectivity index (χ1v) is 7.26. The predicted molar refractivity (Wildman–Crippen MR) is 85.9 cm³/mol. The van der Waals surface area contributed by atoms with Crippen molar-refractivity contribution in [2.24, 2.45) is 0 Å². The number of hydrazine groups is 1. The first kappa shape index (κ1) is 14.3. The Morgan fingerprint density at radius 2 is 1.82 bits per heavy atom. The molecule has 0 aromatic heterocycles. The number of para-hydroxylation sites is 1. The Morgan fingerprint density at radius 3 is 2.55 bits per heavy atom. The van der Waals surface area contributed by atoms with Crippen LogP contribution in [0.15, 0.2) is 58.6 Å². The van der Waals surface area contributed by atoms with E-state index in [1.807, 2.05) is 6.07 Å². The van der Waals surface area contributed by atoms with Gasteiger partial charge < -0.3 is 5.11 Å². The van der Waals surface area contributed by atoms with Crippen LogP contribution in [0.4, 0.5) is 5.69 Å².